The number of carboxylic acids is 1. The Labute approximate surface area is 114 Å². The summed E-state index contributed by atoms with van der Waals surface area (Å²) in [6.07, 6.45) is 1.90. The number of carbonyl (C=O) groups is 2. The molecular formula is C13H24N2O4. The number of carboxylic acid groups (broad SMARTS) is 1. The molecular weight excluding hydrogens is 248 g/mol. The molecule has 2 N–H and O–H groups in total. The summed E-state index contributed by atoms with van der Waals surface area (Å²) in [6.45, 7) is 4.94. The number of rotatable bonds is 6. The van der Waals surface area contributed by atoms with Gasteiger partial charge in [0.2, 0.25) is 0 Å². The number of amides is 2. The first kappa shape index (κ1) is 15.8. The van der Waals surface area contributed by atoms with Gasteiger partial charge in [-0.05, 0) is 33.1 Å². The monoisotopic (exact) mass is 272 g/mol. The van der Waals surface area contributed by atoms with Crippen molar-refractivity contribution in [2.75, 3.05) is 20.3 Å². The molecule has 0 spiro atoms. The lowest BCUT2D eigenvalue weighted by Gasteiger charge is -2.29. The number of aliphatic carboxylic acids is 1. The number of nitrogens with zero attached hydrogens (tertiary/aromatic N) is 1. The summed E-state index contributed by atoms with van der Waals surface area (Å²) in [6, 6.07) is -0.160. The summed E-state index contributed by atoms with van der Waals surface area (Å²) >= 11 is 0. The molecule has 1 fully saturated rings. The fraction of sp³-hybridized carbons (Fsp3) is 0.846. The first-order chi connectivity index (χ1) is 8.99. The predicted octanol–water partition coefficient (Wildman–Crippen LogP) is 1.31. The molecule has 6 nitrogen and oxygen atoms in total. The van der Waals surface area contributed by atoms with Gasteiger partial charge in [0.15, 0.2) is 0 Å². The van der Waals surface area contributed by atoms with Gasteiger partial charge in [-0.3, -0.25) is 4.79 Å². The fourth-order valence-electron chi connectivity index (χ4n) is 2.58. The zero-order valence-electron chi connectivity index (χ0n) is 11.9. The Hall–Kier alpha value is -1.30. The van der Waals surface area contributed by atoms with Crippen LogP contribution in [0, 0.1) is 5.92 Å². The maximum atomic E-state index is 12.1. The lowest BCUT2D eigenvalue weighted by molar-refractivity contribution is -0.141. The molecule has 3 unspecified atom stereocenters. The third-order valence-electron chi connectivity index (χ3n) is 3.65. The van der Waals surface area contributed by atoms with E-state index in [1.807, 2.05) is 13.8 Å². The van der Waals surface area contributed by atoms with Gasteiger partial charge in [0.1, 0.15) is 0 Å². The SMILES string of the molecule is CCN(C(=O)NC1CCC(C(=O)O)C1)C(C)COC. The van der Waals surface area contributed by atoms with Crippen LogP contribution in [0.25, 0.3) is 0 Å². The molecule has 1 rings (SSSR count). The number of carbonyl (C=O) groups excluding carboxylic acids is 1. The Morgan fingerprint density at radius 3 is 2.63 bits per heavy atom. The van der Waals surface area contributed by atoms with Crippen molar-refractivity contribution < 1.29 is 19.4 Å². The van der Waals surface area contributed by atoms with Gasteiger partial charge in [-0.25, -0.2) is 4.79 Å². The molecule has 19 heavy (non-hydrogen) atoms. The van der Waals surface area contributed by atoms with E-state index in [1.54, 1.807) is 12.0 Å². The molecule has 6 heteroatoms. The van der Waals surface area contributed by atoms with Crippen LogP contribution in [-0.2, 0) is 9.53 Å². The van der Waals surface area contributed by atoms with Gasteiger partial charge in [-0.15, -0.1) is 0 Å². The molecule has 0 aromatic carbocycles. The largest absolute Gasteiger partial charge is 0.481 e. The van der Waals surface area contributed by atoms with Crippen LogP contribution in [0.5, 0.6) is 0 Å². The molecule has 0 aliphatic heterocycles. The topological polar surface area (TPSA) is 78.9 Å². The second-order valence-electron chi connectivity index (χ2n) is 5.09. The number of methoxy groups -OCH3 is 1. The van der Waals surface area contributed by atoms with Crippen molar-refractivity contribution in [3.8, 4) is 0 Å². The van der Waals surface area contributed by atoms with Crippen molar-refractivity contribution in [3.63, 3.8) is 0 Å². The highest BCUT2D eigenvalue weighted by Gasteiger charge is 2.31. The van der Waals surface area contributed by atoms with Crippen LogP contribution in [0.4, 0.5) is 4.79 Å². The minimum absolute atomic E-state index is 0.00618. The standard InChI is InChI=1S/C13H24N2O4/c1-4-15(9(2)8-19-3)13(18)14-11-6-5-10(7-11)12(16)17/h9-11H,4-8H2,1-3H3,(H,14,18)(H,16,17). The zero-order valence-corrected chi connectivity index (χ0v) is 11.9. The highest BCUT2D eigenvalue weighted by Crippen LogP contribution is 2.25. The number of hydrogen-bond donors (Lipinski definition) is 2. The van der Waals surface area contributed by atoms with Crippen LogP contribution in [0.15, 0.2) is 0 Å². The zero-order chi connectivity index (χ0) is 14.4. The second kappa shape index (κ2) is 7.33. The van der Waals surface area contributed by atoms with Crippen LogP contribution >= 0.6 is 0 Å². The Morgan fingerprint density at radius 2 is 2.16 bits per heavy atom. The summed E-state index contributed by atoms with van der Waals surface area (Å²) < 4.78 is 5.06. The van der Waals surface area contributed by atoms with Crippen LogP contribution in [0.1, 0.15) is 33.1 Å². The maximum Gasteiger partial charge on any atom is 0.317 e. The van der Waals surface area contributed by atoms with E-state index in [1.165, 1.54) is 0 Å². The van der Waals surface area contributed by atoms with Gasteiger partial charge < -0.3 is 20.1 Å². The third kappa shape index (κ3) is 4.38. The van der Waals surface area contributed by atoms with E-state index in [4.69, 9.17) is 9.84 Å². The van der Waals surface area contributed by atoms with Gasteiger partial charge >= 0.3 is 12.0 Å². The summed E-state index contributed by atoms with van der Waals surface area (Å²) in [4.78, 5) is 24.7. The molecule has 0 radical (unpaired) electrons. The number of urea groups is 1. The number of nitrogens with one attached hydrogen (secondary N) is 1. The molecule has 0 aromatic heterocycles. The first-order valence-corrected chi connectivity index (χ1v) is 6.78. The van der Waals surface area contributed by atoms with Crippen molar-refractivity contribution in [1.29, 1.82) is 0 Å². The maximum absolute atomic E-state index is 12.1. The summed E-state index contributed by atoms with van der Waals surface area (Å²) in [7, 11) is 1.61. The van der Waals surface area contributed by atoms with Gasteiger partial charge in [0.05, 0.1) is 18.6 Å². The number of hydrogen-bond acceptors (Lipinski definition) is 3. The molecule has 1 aliphatic carbocycles. The van der Waals surface area contributed by atoms with E-state index in [-0.39, 0.29) is 24.0 Å². The normalized spacial score (nSPS) is 23.9. The Morgan fingerprint density at radius 1 is 1.47 bits per heavy atom. The molecule has 0 heterocycles. The molecule has 1 saturated carbocycles. The fourth-order valence-corrected chi connectivity index (χ4v) is 2.58. The number of ether oxygens (including phenoxy) is 1. The van der Waals surface area contributed by atoms with Crippen molar-refractivity contribution in [3.05, 3.63) is 0 Å². The minimum atomic E-state index is -0.767. The van der Waals surface area contributed by atoms with E-state index in [0.29, 0.717) is 26.0 Å². The summed E-state index contributed by atoms with van der Waals surface area (Å²) in [5, 5.41) is 11.9. The van der Waals surface area contributed by atoms with Crippen LogP contribution < -0.4 is 5.32 Å². The highest BCUT2D eigenvalue weighted by molar-refractivity contribution is 5.75. The average molecular weight is 272 g/mol. The van der Waals surface area contributed by atoms with Gasteiger partial charge in [-0.1, -0.05) is 0 Å². The van der Waals surface area contributed by atoms with E-state index in [9.17, 15) is 9.59 Å². The molecule has 0 aromatic rings. The van der Waals surface area contributed by atoms with E-state index in [0.717, 1.165) is 6.42 Å². The van der Waals surface area contributed by atoms with E-state index >= 15 is 0 Å². The number of likely N-dealkylation sites (N-methyl/N-ethyl adjacent to an activating group) is 1. The molecule has 0 bridgehead atoms. The van der Waals surface area contributed by atoms with Crippen LogP contribution in [0.3, 0.4) is 0 Å². The average Bonchev–Trinajstić information content (AvgIpc) is 2.78. The summed E-state index contributed by atoms with van der Waals surface area (Å²) in [5.41, 5.74) is 0. The molecule has 2 amide bonds. The van der Waals surface area contributed by atoms with Crippen LogP contribution in [0.2, 0.25) is 0 Å². The van der Waals surface area contributed by atoms with Gasteiger partial charge in [-0.2, -0.15) is 0 Å². The van der Waals surface area contributed by atoms with E-state index < -0.39 is 5.97 Å². The van der Waals surface area contributed by atoms with Crippen molar-refractivity contribution in [2.24, 2.45) is 5.92 Å². The predicted molar refractivity (Wildman–Crippen MR) is 71.0 cm³/mol. The Balaban J connectivity index is 2.47. The van der Waals surface area contributed by atoms with Crippen molar-refractivity contribution in [2.45, 2.75) is 45.2 Å². The van der Waals surface area contributed by atoms with Crippen molar-refractivity contribution in [1.82, 2.24) is 10.2 Å². The van der Waals surface area contributed by atoms with Crippen LogP contribution in [-0.4, -0.2) is 54.4 Å². The highest BCUT2D eigenvalue weighted by atomic mass is 16.5. The Bertz CT molecular complexity index is 322. The molecule has 1 aliphatic rings. The lowest BCUT2D eigenvalue weighted by Crippen LogP contribution is -2.49. The van der Waals surface area contributed by atoms with Gasteiger partial charge in [0, 0.05) is 19.7 Å². The first-order valence-electron chi connectivity index (χ1n) is 6.78. The minimum Gasteiger partial charge on any atom is -0.481 e. The molecule has 0 saturated heterocycles. The van der Waals surface area contributed by atoms with Gasteiger partial charge in [0.25, 0.3) is 0 Å². The van der Waals surface area contributed by atoms with E-state index in [2.05, 4.69) is 5.32 Å². The smallest absolute Gasteiger partial charge is 0.317 e. The lowest BCUT2D eigenvalue weighted by atomic mass is 10.1. The third-order valence-corrected chi connectivity index (χ3v) is 3.65. The second-order valence-corrected chi connectivity index (χ2v) is 5.09. The molecule has 3 atom stereocenters. The van der Waals surface area contributed by atoms with Crippen molar-refractivity contribution >= 4 is 12.0 Å². The summed E-state index contributed by atoms with van der Waals surface area (Å²) in [5.74, 6) is -1.09. The molecule has 110 valence electrons. The Kier molecular flexibility index (Phi) is 6.08. The quantitative estimate of drug-likeness (QED) is 0.764.